The lowest BCUT2D eigenvalue weighted by Gasteiger charge is -2.36. The fourth-order valence-corrected chi connectivity index (χ4v) is 3.67. The fourth-order valence-electron chi connectivity index (χ4n) is 2.24. The number of piperidine rings is 1. The average molecular weight is 303 g/mol. The minimum atomic E-state index is 0.284. The second-order valence-corrected chi connectivity index (χ2v) is 7.63. The van der Waals surface area contributed by atoms with Gasteiger partial charge in [-0.1, -0.05) is 0 Å². The van der Waals surface area contributed by atoms with Gasteiger partial charge in [0.05, 0.1) is 3.79 Å². The summed E-state index contributed by atoms with van der Waals surface area (Å²) in [6, 6.07) is 4.96. The van der Waals surface area contributed by atoms with Crippen molar-refractivity contribution < 1.29 is 0 Å². The lowest BCUT2D eigenvalue weighted by Crippen LogP contribution is -2.51. The summed E-state index contributed by atoms with van der Waals surface area (Å²) >= 11 is 5.31. The Labute approximate surface area is 110 Å². The van der Waals surface area contributed by atoms with Crippen LogP contribution in [0.1, 0.15) is 31.6 Å². The summed E-state index contributed by atoms with van der Waals surface area (Å²) in [6.45, 7) is 6.68. The van der Waals surface area contributed by atoms with Gasteiger partial charge in [0.15, 0.2) is 0 Å². The summed E-state index contributed by atoms with van der Waals surface area (Å²) in [7, 11) is 0. The Balaban J connectivity index is 1.82. The van der Waals surface area contributed by atoms with E-state index in [1.807, 2.05) is 11.3 Å². The number of thiophene rings is 1. The number of hydrogen-bond donors (Lipinski definition) is 2. The van der Waals surface area contributed by atoms with E-state index in [9.17, 15) is 0 Å². The summed E-state index contributed by atoms with van der Waals surface area (Å²) in [4.78, 5) is 1.41. The van der Waals surface area contributed by atoms with E-state index in [2.05, 4.69) is 52.5 Å². The molecular weight excluding hydrogens is 284 g/mol. The molecule has 1 atom stereocenters. The lowest BCUT2D eigenvalue weighted by molar-refractivity contribution is 0.248. The van der Waals surface area contributed by atoms with E-state index in [1.54, 1.807) is 0 Å². The molecule has 1 aliphatic heterocycles. The Morgan fingerprint density at radius 2 is 2.38 bits per heavy atom. The quantitative estimate of drug-likeness (QED) is 0.896. The zero-order valence-corrected chi connectivity index (χ0v) is 12.2. The maximum Gasteiger partial charge on any atom is 0.0701 e. The third kappa shape index (κ3) is 3.55. The first-order valence-corrected chi connectivity index (χ1v) is 7.39. The SMILES string of the molecule is CC1(C)CC(NCc2ccc(Br)s2)CCN1. The number of hydrogen-bond acceptors (Lipinski definition) is 3. The fraction of sp³-hybridized carbons (Fsp3) is 0.667. The van der Waals surface area contributed by atoms with E-state index in [0.717, 1.165) is 13.1 Å². The van der Waals surface area contributed by atoms with Crippen molar-refractivity contribution in [2.75, 3.05) is 6.54 Å². The number of halogens is 1. The smallest absolute Gasteiger partial charge is 0.0701 e. The first-order valence-electron chi connectivity index (χ1n) is 5.78. The monoisotopic (exact) mass is 302 g/mol. The largest absolute Gasteiger partial charge is 0.312 e. The van der Waals surface area contributed by atoms with E-state index in [4.69, 9.17) is 0 Å². The molecule has 0 saturated carbocycles. The van der Waals surface area contributed by atoms with Crippen LogP contribution in [-0.2, 0) is 6.54 Å². The van der Waals surface area contributed by atoms with Crippen LogP contribution >= 0.6 is 27.3 Å². The normalized spacial score (nSPS) is 24.6. The second-order valence-electron chi connectivity index (χ2n) is 5.09. The summed E-state index contributed by atoms with van der Waals surface area (Å²) in [5.74, 6) is 0. The first-order chi connectivity index (χ1) is 7.55. The van der Waals surface area contributed by atoms with Gasteiger partial charge in [-0.3, -0.25) is 0 Å². The Morgan fingerprint density at radius 1 is 1.56 bits per heavy atom. The zero-order chi connectivity index (χ0) is 11.6. The van der Waals surface area contributed by atoms with Gasteiger partial charge in [0.2, 0.25) is 0 Å². The Bertz CT molecular complexity index is 349. The standard InChI is InChI=1S/C12H19BrN2S/c1-12(2)7-9(5-6-15-12)14-8-10-3-4-11(13)16-10/h3-4,9,14-15H,5-8H2,1-2H3. The third-order valence-corrected chi connectivity index (χ3v) is 4.67. The molecule has 2 rings (SSSR count). The van der Waals surface area contributed by atoms with Crippen LogP contribution in [-0.4, -0.2) is 18.1 Å². The topological polar surface area (TPSA) is 24.1 Å². The molecular formula is C12H19BrN2S. The summed E-state index contributed by atoms with van der Waals surface area (Å²) < 4.78 is 1.22. The summed E-state index contributed by atoms with van der Waals surface area (Å²) in [5.41, 5.74) is 0.284. The van der Waals surface area contributed by atoms with E-state index in [-0.39, 0.29) is 5.54 Å². The van der Waals surface area contributed by atoms with Crippen molar-refractivity contribution in [1.82, 2.24) is 10.6 Å². The Kier molecular flexibility index (Phi) is 4.06. The lowest BCUT2D eigenvalue weighted by atomic mass is 9.89. The van der Waals surface area contributed by atoms with Crippen LogP contribution in [0.15, 0.2) is 15.9 Å². The molecule has 1 fully saturated rings. The van der Waals surface area contributed by atoms with Crippen LogP contribution < -0.4 is 10.6 Å². The second kappa shape index (κ2) is 5.17. The molecule has 90 valence electrons. The molecule has 1 aromatic rings. The van der Waals surface area contributed by atoms with Crippen molar-refractivity contribution in [1.29, 1.82) is 0 Å². The van der Waals surface area contributed by atoms with Gasteiger partial charge in [0, 0.05) is 23.0 Å². The van der Waals surface area contributed by atoms with Gasteiger partial charge in [0.25, 0.3) is 0 Å². The molecule has 1 unspecified atom stereocenters. The molecule has 16 heavy (non-hydrogen) atoms. The van der Waals surface area contributed by atoms with Crippen molar-refractivity contribution in [3.63, 3.8) is 0 Å². The van der Waals surface area contributed by atoms with Gasteiger partial charge in [-0.25, -0.2) is 0 Å². The number of nitrogens with one attached hydrogen (secondary N) is 2. The predicted octanol–water partition coefficient (Wildman–Crippen LogP) is 3.13. The van der Waals surface area contributed by atoms with Crippen molar-refractivity contribution in [3.05, 3.63) is 20.8 Å². The highest BCUT2D eigenvalue weighted by atomic mass is 79.9. The highest BCUT2D eigenvalue weighted by molar-refractivity contribution is 9.11. The summed E-state index contributed by atoms with van der Waals surface area (Å²) in [5, 5.41) is 7.20. The maximum atomic E-state index is 3.66. The molecule has 0 aliphatic carbocycles. The van der Waals surface area contributed by atoms with Crippen LogP contribution in [0.3, 0.4) is 0 Å². The van der Waals surface area contributed by atoms with E-state index < -0.39 is 0 Å². The van der Waals surface area contributed by atoms with Crippen molar-refractivity contribution >= 4 is 27.3 Å². The van der Waals surface area contributed by atoms with E-state index in [0.29, 0.717) is 6.04 Å². The Morgan fingerprint density at radius 3 is 3.00 bits per heavy atom. The molecule has 0 aromatic carbocycles. The molecule has 0 bridgehead atoms. The highest BCUT2D eigenvalue weighted by Gasteiger charge is 2.26. The maximum absolute atomic E-state index is 3.66. The molecule has 2 N–H and O–H groups in total. The first kappa shape index (κ1) is 12.6. The minimum absolute atomic E-state index is 0.284. The predicted molar refractivity (Wildman–Crippen MR) is 74.0 cm³/mol. The van der Waals surface area contributed by atoms with Gasteiger partial charge in [-0.15, -0.1) is 11.3 Å². The average Bonchev–Trinajstić information content (AvgIpc) is 2.60. The van der Waals surface area contributed by atoms with E-state index in [1.165, 1.54) is 21.5 Å². The van der Waals surface area contributed by atoms with Crippen LogP contribution in [0.4, 0.5) is 0 Å². The minimum Gasteiger partial charge on any atom is -0.312 e. The van der Waals surface area contributed by atoms with Gasteiger partial charge in [0.1, 0.15) is 0 Å². The Hall–Kier alpha value is 0.1000. The highest BCUT2D eigenvalue weighted by Crippen LogP contribution is 2.23. The zero-order valence-electron chi connectivity index (χ0n) is 9.85. The molecule has 0 spiro atoms. The molecule has 4 heteroatoms. The van der Waals surface area contributed by atoms with Crippen molar-refractivity contribution in [2.24, 2.45) is 0 Å². The van der Waals surface area contributed by atoms with Crippen LogP contribution in [0.5, 0.6) is 0 Å². The van der Waals surface area contributed by atoms with Crippen LogP contribution in [0, 0.1) is 0 Å². The van der Waals surface area contributed by atoms with Gasteiger partial charge in [-0.05, 0) is 61.3 Å². The van der Waals surface area contributed by atoms with Crippen molar-refractivity contribution in [2.45, 2.75) is 44.8 Å². The molecule has 2 heterocycles. The molecule has 0 radical (unpaired) electrons. The van der Waals surface area contributed by atoms with Gasteiger partial charge < -0.3 is 10.6 Å². The van der Waals surface area contributed by atoms with Gasteiger partial charge >= 0.3 is 0 Å². The molecule has 1 aliphatic rings. The van der Waals surface area contributed by atoms with Crippen LogP contribution in [0.2, 0.25) is 0 Å². The van der Waals surface area contributed by atoms with E-state index >= 15 is 0 Å². The van der Waals surface area contributed by atoms with Gasteiger partial charge in [-0.2, -0.15) is 0 Å². The van der Waals surface area contributed by atoms with Crippen molar-refractivity contribution in [3.8, 4) is 0 Å². The summed E-state index contributed by atoms with van der Waals surface area (Å²) in [6.07, 6.45) is 2.44. The molecule has 1 aromatic heterocycles. The molecule has 0 amide bonds. The molecule has 1 saturated heterocycles. The number of rotatable bonds is 3. The third-order valence-electron chi connectivity index (χ3n) is 3.05. The molecule has 2 nitrogen and oxygen atoms in total. The van der Waals surface area contributed by atoms with Crippen LogP contribution in [0.25, 0.3) is 0 Å².